The highest BCUT2D eigenvalue weighted by atomic mass is 16.5. The summed E-state index contributed by atoms with van der Waals surface area (Å²) in [6, 6.07) is 0.546. The van der Waals surface area contributed by atoms with Gasteiger partial charge in [-0.1, -0.05) is 6.42 Å². The van der Waals surface area contributed by atoms with Crippen molar-refractivity contribution in [3.05, 3.63) is 17.5 Å². The van der Waals surface area contributed by atoms with Gasteiger partial charge in [0.05, 0.1) is 0 Å². The fourth-order valence-electron chi connectivity index (χ4n) is 1.89. The minimum absolute atomic E-state index is 0.334. The first-order chi connectivity index (χ1) is 7.25. The van der Waals surface area contributed by atoms with Gasteiger partial charge in [-0.3, -0.25) is 0 Å². The van der Waals surface area contributed by atoms with Gasteiger partial charge in [0.25, 0.3) is 0 Å². The second-order valence-corrected chi connectivity index (χ2v) is 4.30. The lowest BCUT2D eigenvalue weighted by molar-refractivity contribution is 0.141. The first-order valence-corrected chi connectivity index (χ1v) is 5.72. The quantitative estimate of drug-likeness (QED) is 0.746. The summed E-state index contributed by atoms with van der Waals surface area (Å²) in [6.07, 6.45) is 8.35. The fourth-order valence-corrected chi connectivity index (χ4v) is 1.89. The number of ether oxygens (including phenoxy) is 1. The van der Waals surface area contributed by atoms with Crippen molar-refractivity contribution in [1.29, 1.82) is 0 Å². The van der Waals surface area contributed by atoms with Crippen molar-refractivity contribution < 1.29 is 4.74 Å². The van der Waals surface area contributed by atoms with Gasteiger partial charge in [0.1, 0.15) is 6.10 Å². The van der Waals surface area contributed by atoms with Crippen molar-refractivity contribution in [1.82, 2.24) is 9.97 Å². The van der Waals surface area contributed by atoms with Crippen LogP contribution in [0.3, 0.4) is 0 Å². The Kier molecular flexibility index (Phi) is 3.19. The predicted octanol–water partition coefficient (Wildman–Crippen LogP) is 2.80. The maximum absolute atomic E-state index is 5.77. The van der Waals surface area contributed by atoms with E-state index in [2.05, 4.69) is 9.97 Å². The number of hydrogen-bond acceptors (Lipinski definition) is 3. The van der Waals surface area contributed by atoms with E-state index in [4.69, 9.17) is 4.74 Å². The molecule has 3 nitrogen and oxygen atoms in total. The standard InChI is InChI=1S/C12H18N2O/c1-9-8-13-12(14-10(9)2)15-11-6-4-3-5-7-11/h8,11H,3-7H2,1-2H3. The lowest BCUT2D eigenvalue weighted by atomic mass is 9.98. The summed E-state index contributed by atoms with van der Waals surface area (Å²) in [5.41, 5.74) is 2.13. The van der Waals surface area contributed by atoms with Crippen molar-refractivity contribution in [2.24, 2.45) is 0 Å². The van der Waals surface area contributed by atoms with E-state index in [1.807, 2.05) is 20.0 Å². The molecule has 0 unspecified atom stereocenters. The van der Waals surface area contributed by atoms with Gasteiger partial charge in [-0.25, -0.2) is 9.97 Å². The van der Waals surface area contributed by atoms with Crippen LogP contribution in [0.1, 0.15) is 43.4 Å². The van der Waals surface area contributed by atoms with Gasteiger partial charge in [-0.2, -0.15) is 0 Å². The average molecular weight is 206 g/mol. The van der Waals surface area contributed by atoms with E-state index in [0.29, 0.717) is 12.1 Å². The zero-order valence-corrected chi connectivity index (χ0v) is 9.49. The molecule has 15 heavy (non-hydrogen) atoms. The van der Waals surface area contributed by atoms with Crippen LogP contribution < -0.4 is 4.74 Å². The third kappa shape index (κ3) is 2.67. The normalized spacial score (nSPS) is 17.7. The van der Waals surface area contributed by atoms with Crippen molar-refractivity contribution in [3.63, 3.8) is 0 Å². The molecule has 1 aromatic rings. The molecule has 1 aliphatic rings. The minimum Gasteiger partial charge on any atom is -0.460 e. The minimum atomic E-state index is 0.334. The molecule has 1 fully saturated rings. The maximum atomic E-state index is 5.77. The highest BCUT2D eigenvalue weighted by Crippen LogP contribution is 2.21. The summed E-state index contributed by atoms with van der Waals surface area (Å²) in [6.45, 7) is 4.00. The largest absolute Gasteiger partial charge is 0.460 e. The molecule has 1 heterocycles. The van der Waals surface area contributed by atoms with Crippen LogP contribution in [-0.4, -0.2) is 16.1 Å². The Labute approximate surface area is 90.9 Å². The monoisotopic (exact) mass is 206 g/mol. The van der Waals surface area contributed by atoms with Crippen molar-refractivity contribution in [3.8, 4) is 6.01 Å². The SMILES string of the molecule is Cc1cnc(OC2CCCCC2)nc1C. The molecule has 0 radical (unpaired) electrons. The molecular formula is C12H18N2O. The van der Waals surface area contributed by atoms with Crippen LogP contribution in [0.4, 0.5) is 0 Å². The number of nitrogens with zero attached hydrogens (tertiary/aromatic N) is 2. The summed E-state index contributed by atoms with van der Waals surface area (Å²) in [5, 5.41) is 0. The van der Waals surface area contributed by atoms with E-state index in [1.165, 1.54) is 19.3 Å². The van der Waals surface area contributed by atoms with Crippen LogP contribution in [-0.2, 0) is 0 Å². The Balaban J connectivity index is 2.00. The van der Waals surface area contributed by atoms with Gasteiger partial charge in [-0.15, -0.1) is 0 Å². The molecule has 0 spiro atoms. The molecule has 3 heteroatoms. The molecule has 0 N–H and O–H groups in total. The van der Waals surface area contributed by atoms with Gasteiger partial charge in [-0.05, 0) is 45.1 Å². The third-order valence-corrected chi connectivity index (χ3v) is 3.03. The molecule has 2 rings (SSSR count). The number of hydrogen-bond donors (Lipinski definition) is 0. The summed E-state index contributed by atoms with van der Waals surface area (Å²) in [7, 11) is 0. The Morgan fingerprint density at radius 1 is 1.20 bits per heavy atom. The molecule has 1 aromatic heterocycles. The van der Waals surface area contributed by atoms with Gasteiger partial charge in [0.2, 0.25) is 0 Å². The average Bonchev–Trinajstić information content (AvgIpc) is 2.25. The van der Waals surface area contributed by atoms with Crippen molar-refractivity contribution in [2.45, 2.75) is 52.1 Å². The number of aryl methyl sites for hydroxylation is 2. The summed E-state index contributed by atoms with van der Waals surface area (Å²) >= 11 is 0. The first kappa shape index (κ1) is 10.4. The number of aromatic nitrogens is 2. The lowest BCUT2D eigenvalue weighted by Gasteiger charge is -2.21. The molecule has 1 saturated carbocycles. The van der Waals surface area contributed by atoms with Crippen LogP contribution in [0.25, 0.3) is 0 Å². The second kappa shape index (κ2) is 4.60. The van der Waals surface area contributed by atoms with E-state index < -0.39 is 0 Å². The van der Waals surface area contributed by atoms with E-state index in [0.717, 1.165) is 24.1 Å². The topological polar surface area (TPSA) is 35.0 Å². The second-order valence-electron chi connectivity index (χ2n) is 4.30. The lowest BCUT2D eigenvalue weighted by Crippen LogP contribution is -2.20. The summed E-state index contributed by atoms with van der Waals surface area (Å²) in [4.78, 5) is 8.53. The molecule has 82 valence electrons. The van der Waals surface area contributed by atoms with Crippen LogP contribution in [0.15, 0.2) is 6.20 Å². The van der Waals surface area contributed by atoms with Gasteiger partial charge in [0.15, 0.2) is 0 Å². The van der Waals surface area contributed by atoms with Crippen molar-refractivity contribution in [2.75, 3.05) is 0 Å². The fraction of sp³-hybridized carbons (Fsp3) is 0.667. The molecule has 0 atom stereocenters. The van der Waals surface area contributed by atoms with Crippen LogP contribution in [0.2, 0.25) is 0 Å². The molecule has 0 bridgehead atoms. The Bertz CT molecular complexity index is 332. The van der Waals surface area contributed by atoms with Gasteiger partial charge in [0, 0.05) is 11.9 Å². The van der Waals surface area contributed by atoms with E-state index in [9.17, 15) is 0 Å². The van der Waals surface area contributed by atoms with Crippen molar-refractivity contribution >= 4 is 0 Å². The molecule has 0 amide bonds. The first-order valence-electron chi connectivity index (χ1n) is 5.72. The van der Waals surface area contributed by atoms with Gasteiger partial charge >= 0.3 is 6.01 Å². The molecule has 0 aromatic carbocycles. The Morgan fingerprint density at radius 2 is 1.93 bits per heavy atom. The number of rotatable bonds is 2. The molecule has 1 aliphatic carbocycles. The molecule has 0 saturated heterocycles. The van der Waals surface area contributed by atoms with Crippen LogP contribution >= 0.6 is 0 Å². The maximum Gasteiger partial charge on any atom is 0.316 e. The third-order valence-electron chi connectivity index (χ3n) is 3.03. The summed E-state index contributed by atoms with van der Waals surface area (Å²) in [5.74, 6) is 0. The Hall–Kier alpha value is -1.12. The van der Waals surface area contributed by atoms with Gasteiger partial charge < -0.3 is 4.74 Å². The zero-order valence-electron chi connectivity index (χ0n) is 9.49. The van der Waals surface area contributed by atoms with E-state index in [-0.39, 0.29) is 0 Å². The predicted molar refractivity (Wildman–Crippen MR) is 59.0 cm³/mol. The van der Waals surface area contributed by atoms with Crippen LogP contribution in [0.5, 0.6) is 6.01 Å². The highest BCUT2D eigenvalue weighted by Gasteiger charge is 2.16. The van der Waals surface area contributed by atoms with Crippen LogP contribution in [0, 0.1) is 13.8 Å². The zero-order chi connectivity index (χ0) is 10.7. The van der Waals surface area contributed by atoms with E-state index in [1.54, 1.807) is 0 Å². The molecular weight excluding hydrogens is 188 g/mol. The smallest absolute Gasteiger partial charge is 0.316 e. The molecule has 0 aliphatic heterocycles. The Morgan fingerprint density at radius 3 is 2.60 bits per heavy atom. The van der Waals surface area contributed by atoms with E-state index >= 15 is 0 Å². The summed E-state index contributed by atoms with van der Waals surface area (Å²) < 4.78 is 5.77. The highest BCUT2D eigenvalue weighted by molar-refractivity contribution is 5.15.